The normalized spacial score (nSPS) is 10.4. The van der Waals surface area contributed by atoms with Gasteiger partial charge in [-0.3, -0.25) is 4.79 Å². The van der Waals surface area contributed by atoms with Crippen LogP contribution in [0.3, 0.4) is 0 Å². The zero-order valence-corrected chi connectivity index (χ0v) is 8.85. The number of rotatable bonds is 3. The summed E-state index contributed by atoms with van der Waals surface area (Å²) in [7, 11) is 0. The first-order valence-electron chi connectivity index (χ1n) is 3.76. The molecule has 0 aliphatic rings. The number of carbonyl (C=O) groups is 1. The van der Waals surface area contributed by atoms with Gasteiger partial charge in [0.05, 0.1) is 10.0 Å². The van der Waals surface area contributed by atoms with Gasteiger partial charge in [0, 0.05) is 0 Å². The lowest BCUT2D eigenvalue weighted by Crippen LogP contribution is -2.07. The maximum Gasteiger partial charge on any atom is 0.387 e. The maximum absolute atomic E-state index is 12.0. The molecule has 14 heavy (non-hydrogen) atoms. The van der Waals surface area contributed by atoms with Crippen molar-refractivity contribution in [2.45, 2.75) is 13.5 Å². The van der Waals surface area contributed by atoms with Crippen LogP contribution < -0.4 is 4.74 Å². The van der Waals surface area contributed by atoms with Crippen molar-refractivity contribution >= 4 is 21.7 Å². The Bertz CT molecular complexity index is 353. The molecule has 0 atom stereocenters. The van der Waals surface area contributed by atoms with Gasteiger partial charge in [0.2, 0.25) is 0 Å². The van der Waals surface area contributed by atoms with Crippen LogP contribution in [-0.2, 0) is 0 Å². The second kappa shape index (κ2) is 4.50. The highest BCUT2D eigenvalue weighted by Crippen LogP contribution is 2.30. The Morgan fingerprint density at radius 1 is 1.50 bits per heavy atom. The lowest BCUT2D eigenvalue weighted by molar-refractivity contribution is -0.0506. The fraction of sp³-hybridized carbons (Fsp3) is 0.222. The summed E-state index contributed by atoms with van der Waals surface area (Å²) in [6.45, 7) is -1.65. The minimum Gasteiger partial charge on any atom is -0.433 e. The van der Waals surface area contributed by atoms with Gasteiger partial charge in [-0.2, -0.15) is 8.78 Å². The fourth-order valence-electron chi connectivity index (χ4n) is 0.995. The van der Waals surface area contributed by atoms with E-state index in [1.54, 1.807) is 6.07 Å². The molecule has 0 N–H and O–H groups in total. The number of carbonyl (C=O) groups excluding carboxylic acids is 1. The van der Waals surface area contributed by atoms with Gasteiger partial charge >= 0.3 is 6.61 Å². The molecule has 2 nitrogen and oxygen atoms in total. The molecule has 0 unspecified atom stereocenters. The molecule has 0 aromatic heterocycles. The van der Waals surface area contributed by atoms with Crippen molar-refractivity contribution in [2.75, 3.05) is 0 Å². The summed E-state index contributed by atoms with van der Waals surface area (Å²) >= 11 is 3.03. The van der Waals surface area contributed by atoms with Crippen LogP contribution >= 0.6 is 15.9 Å². The van der Waals surface area contributed by atoms with Crippen LogP contribution in [0.25, 0.3) is 0 Å². The molecule has 0 bridgehead atoms. The van der Waals surface area contributed by atoms with Crippen LogP contribution in [0.4, 0.5) is 8.78 Å². The number of hydrogen-bond donors (Lipinski definition) is 0. The first kappa shape index (κ1) is 11.1. The molecular formula is C9H7BrF2O2. The molecule has 0 aliphatic heterocycles. The largest absolute Gasteiger partial charge is 0.433 e. The van der Waals surface area contributed by atoms with Crippen LogP contribution in [0, 0.1) is 0 Å². The quantitative estimate of drug-likeness (QED) is 0.784. The molecule has 0 fully saturated rings. The molecule has 1 aromatic rings. The Balaban J connectivity index is 3.15. The van der Waals surface area contributed by atoms with E-state index in [9.17, 15) is 13.6 Å². The molecule has 0 saturated heterocycles. The third-order valence-corrected chi connectivity index (χ3v) is 2.18. The van der Waals surface area contributed by atoms with Crippen LogP contribution in [0.2, 0.25) is 0 Å². The summed E-state index contributed by atoms with van der Waals surface area (Å²) in [6, 6.07) is 4.55. The lowest BCUT2D eigenvalue weighted by atomic mass is 10.1. The topological polar surface area (TPSA) is 26.3 Å². The Kier molecular flexibility index (Phi) is 3.57. The molecule has 0 radical (unpaired) electrons. The lowest BCUT2D eigenvalue weighted by Gasteiger charge is -2.09. The van der Waals surface area contributed by atoms with E-state index in [1.165, 1.54) is 19.1 Å². The Labute approximate surface area is 88.0 Å². The van der Waals surface area contributed by atoms with E-state index in [0.29, 0.717) is 4.47 Å². The van der Waals surface area contributed by atoms with E-state index in [-0.39, 0.29) is 17.1 Å². The van der Waals surface area contributed by atoms with E-state index >= 15 is 0 Å². The van der Waals surface area contributed by atoms with Crippen LogP contribution in [-0.4, -0.2) is 12.4 Å². The minimum atomic E-state index is -2.94. The number of halogens is 3. The predicted octanol–water partition coefficient (Wildman–Crippen LogP) is 3.25. The van der Waals surface area contributed by atoms with Crippen molar-refractivity contribution in [3.05, 3.63) is 28.2 Å². The van der Waals surface area contributed by atoms with Crippen molar-refractivity contribution in [1.82, 2.24) is 0 Å². The van der Waals surface area contributed by atoms with Crippen LogP contribution in [0.15, 0.2) is 22.7 Å². The number of para-hydroxylation sites is 1. The maximum atomic E-state index is 12.0. The molecule has 0 saturated carbocycles. The van der Waals surface area contributed by atoms with Crippen LogP contribution in [0.1, 0.15) is 17.3 Å². The highest BCUT2D eigenvalue weighted by molar-refractivity contribution is 9.10. The Morgan fingerprint density at radius 3 is 2.64 bits per heavy atom. The minimum absolute atomic E-state index is 0.116. The molecule has 1 rings (SSSR count). The third-order valence-electron chi connectivity index (χ3n) is 1.55. The van der Waals surface area contributed by atoms with Gasteiger partial charge in [-0.25, -0.2) is 0 Å². The summed E-state index contributed by atoms with van der Waals surface area (Å²) in [6.07, 6.45) is 0. The predicted molar refractivity (Wildman–Crippen MR) is 50.8 cm³/mol. The first-order valence-corrected chi connectivity index (χ1v) is 4.56. The smallest absolute Gasteiger partial charge is 0.387 e. The van der Waals surface area contributed by atoms with Gasteiger partial charge in [0.25, 0.3) is 0 Å². The average molecular weight is 265 g/mol. The number of Topliss-reactive ketones (excluding diaryl/α,β-unsaturated/α-hetero) is 1. The summed E-state index contributed by atoms with van der Waals surface area (Å²) in [5.74, 6) is -0.433. The van der Waals surface area contributed by atoms with E-state index in [1.807, 2.05) is 0 Å². The molecule has 0 heterocycles. The number of hydrogen-bond acceptors (Lipinski definition) is 2. The van der Waals surface area contributed by atoms with Gasteiger partial charge in [0.1, 0.15) is 0 Å². The van der Waals surface area contributed by atoms with E-state index in [0.717, 1.165) is 0 Å². The van der Waals surface area contributed by atoms with Gasteiger partial charge in [-0.15, -0.1) is 0 Å². The number of benzene rings is 1. The number of alkyl halides is 2. The SMILES string of the molecule is CC(=O)c1cccc(Br)c1OC(F)F. The number of ketones is 1. The van der Waals surface area contributed by atoms with Gasteiger partial charge < -0.3 is 4.74 Å². The van der Waals surface area contributed by atoms with Gasteiger partial charge in [0.15, 0.2) is 11.5 Å². The monoisotopic (exact) mass is 264 g/mol. The Hall–Kier alpha value is -0.970. The summed E-state index contributed by atoms with van der Waals surface area (Å²) in [5, 5.41) is 0. The van der Waals surface area contributed by atoms with Crippen molar-refractivity contribution in [3.63, 3.8) is 0 Å². The molecule has 5 heteroatoms. The number of ether oxygens (including phenoxy) is 1. The highest BCUT2D eigenvalue weighted by atomic mass is 79.9. The second-order valence-electron chi connectivity index (χ2n) is 2.55. The molecule has 76 valence electrons. The van der Waals surface area contributed by atoms with Crippen LogP contribution in [0.5, 0.6) is 5.75 Å². The van der Waals surface area contributed by atoms with E-state index in [2.05, 4.69) is 20.7 Å². The molecular weight excluding hydrogens is 258 g/mol. The molecule has 0 spiro atoms. The summed E-state index contributed by atoms with van der Waals surface area (Å²) in [5.41, 5.74) is 0.139. The zero-order valence-electron chi connectivity index (χ0n) is 7.26. The Morgan fingerprint density at radius 2 is 2.14 bits per heavy atom. The zero-order chi connectivity index (χ0) is 10.7. The first-order chi connectivity index (χ1) is 6.52. The average Bonchev–Trinajstić information content (AvgIpc) is 2.07. The van der Waals surface area contributed by atoms with Crippen molar-refractivity contribution < 1.29 is 18.3 Å². The van der Waals surface area contributed by atoms with Gasteiger partial charge in [-0.1, -0.05) is 6.07 Å². The van der Waals surface area contributed by atoms with Gasteiger partial charge in [-0.05, 0) is 35.0 Å². The second-order valence-corrected chi connectivity index (χ2v) is 3.41. The standard InChI is InChI=1S/C9H7BrF2O2/c1-5(13)6-3-2-4-7(10)8(6)14-9(11)12/h2-4,9H,1H3. The van der Waals surface area contributed by atoms with Crippen molar-refractivity contribution in [1.29, 1.82) is 0 Å². The summed E-state index contributed by atoms with van der Waals surface area (Å²) < 4.78 is 28.6. The van der Waals surface area contributed by atoms with E-state index < -0.39 is 6.61 Å². The van der Waals surface area contributed by atoms with Crippen molar-refractivity contribution in [3.8, 4) is 5.75 Å². The van der Waals surface area contributed by atoms with E-state index in [4.69, 9.17) is 0 Å². The summed E-state index contributed by atoms with van der Waals surface area (Å²) in [4.78, 5) is 11.1. The third kappa shape index (κ3) is 2.51. The molecule has 0 amide bonds. The fourth-order valence-corrected chi connectivity index (χ4v) is 1.45. The van der Waals surface area contributed by atoms with Crippen molar-refractivity contribution in [2.24, 2.45) is 0 Å². The highest BCUT2D eigenvalue weighted by Gasteiger charge is 2.15. The molecule has 0 aliphatic carbocycles. The molecule has 1 aromatic carbocycles.